The van der Waals surface area contributed by atoms with Crippen LogP contribution in [0.1, 0.15) is 36.9 Å². The molecule has 4 heterocycles. The first-order chi connectivity index (χ1) is 19.7. The molecule has 6 rings (SSSR count). The van der Waals surface area contributed by atoms with E-state index in [0.29, 0.717) is 22.7 Å². The van der Waals surface area contributed by atoms with Crippen LogP contribution in [0, 0.1) is 18.8 Å². The van der Waals surface area contributed by atoms with E-state index in [1.54, 1.807) is 11.0 Å². The quantitative estimate of drug-likeness (QED) is 0.403. The highest BCUT2D eigenvalue weighted by Gasteiger charge is 2.74. The Balaban J connectivity index is 1.56. The van der Waals surface area contributed by atoms with Crippen molar-refractivity contribution >= 4 is 46.8 Å². The van der Waals surface area contributed by atoms with E-state index in [4.69, 9.17) is 16.3 Å². The SMILES string of the molecule is Cc1cccc(Cl)c1N1CC=C[C@]23S[C@@]4(C)/C=C\CCCOC(=O)[C@H]4[C@H]2C(=O)N([C@H](CO)c2ccccc2)C3C1=O. The van der Waals surface area contributed by atoms with Crippen LogP contribution in [0.25, 0.3) is 0 Å². The Labute approximate surface area is 249 Å². The number of nitrogens with zero attached hydrogens (tertiary/aromatic N) is 2. The van der Waals surface area contributed by atoms with E-state index in [-0.39, 0.29) is 31.6 Å². The number of likely N-dealkylation sites (tertiary alicyclic amines) is 1. The molecule has 2 aromatic carbocycles. The largest absolute Gasteiger partial charge is 0.465 e. The van der Waals surface area contributed by atoms with Gasteiger partial charge >= 0.3 is 5.97 Å². The molecular weight excluding hydrogens is 560 g/mol. The zero-order valence-corrected chi connectivity index (χ0v) is 24.6. The fourth-order valence-corrected chi connectivity index (χ4v) is 9.57. The number of fused-ring (bicyclic) bond motifs is 2. The van der Waals surface area contributed by atoms with Gasteiger partial charge in [-0.3, -0.25) is 14.4 Å². The van der Waals surface area contributed by atoms with Gasteiger partial charge in [0.15, 0.2) is 0 Å². The highest BCUT2D eigenvalue weighted by atomic mass is 35.5. The molecular formula is C32H33ClN2O5S. The molecule has 1 unspecified atom stereocenters. The van der Waals surface area contributed by atoms with Gasteiger partial charge < -0.3 is 19.6 Å². The van der Waals surface area contributed by atoms with Crippen LogP contribution in [0.4, 0.5) is 5.69 Å². The van der Waals surface area contributed by atoms with Crippen LogP contribution < -0.4 is 4.90 Å². The molecule has 0 saturated carbocycles. The Bertz CT molecular complexity index is 1430. The number of thioether (sulfide) groups is 1. The normalized spacial score (nSPS) is 32.7. The van der Waals surface area contributed by atoms with E-state index in [1.807, 2.05) is 74.5 Å². The average Bonchev–Trinajstić information content (AvgIpc) is 3.30. The molecule has 41 heavy (non-hydrogen) atoms. The summed E-state index contributed by atoms with van der Waals surface area (Å²) in [5, 5.41) is 11.2. The molecule has 1 N–H and O–H groups in total. The van der Waals surface area contributed by atoms with Crippen molar-refractivity contribution in [3.05, 3.63) is 89.0 Å². The van der Waals surface area contributed by atoms with E-state index in [1.165, 1.54) is 16.7 Å². The maximum Gasteiger partial charge on any atom is 0.311 e. The fraction of sp³-hybridized carbons (Fsp3) is 0.406. The molecule has 9 heteroatoms. The molecule has 4 aliphatic rings. The summed E-state index contributed by atoms with van der Waals surface area (Å²) in [6.45, 7) is 4.02. The second-order valence-electron chi connectivity index (χ2n) is 11.3. The van der Waals surface area contributed by atoms with Crippen LogP contribution in [-0.4, -0.2) is 63.1 Å². The molecule has 7 nitrogen and oxygen atoms in total. The molecule has 1 spiro atoms. The number of ether oxygens (including phenoxy) is 1. The van der Waals surface area contributed by atoms with Gasteiger partial charge in [0.05, 0.1) is 46.5 Å². The van der Waals surface area contributed by atoms with Crippen molar-refractivity contribution in [1.29, 1.82) is 0 Å². The van der Waals surface area contributed by atoms with E-state index >= 15 is 0 Å². The first-order valence-electron chi connectivity index (χ1n) is 14.0. The summed E-state index contributed by atoms with van der Waals surface area (Å²) in [4.78, 5) is 46.5. The maximum absolute atomic E-state index is 14.9. The Morgan fingerprint density at radius 1 is 1.05 bits per heavy atom. The van der Waals surface area contributed by atoms with Crippen molar-refractivity contribution in [2.75, 3.05) is 24.7 Å². The Morgan fingerprint density at radius 3 is 2.56 bits per heavy atom. The summed E-state index contributed by atoms with van der Waals surface area (Å²) in [7, 11) is 0. The van der Waals surface area contributed by atoms with Gasteiger partial charge in [-0.2, -0.15) is 0 Å². The van der Waals surface area contributed by atoms with E-state index in [2.05, 4.69) is 6.08 Å². The number of cyclic esters (lactones) is 1. The van der Waals surface area contributed by atoms with Gasteiger partial charge in [-0.05, 0) is 43.9 Å². The summed E-state index contributed by atoms with van der Waals surface area (Å²) >= 11 is 8.15. The number of carbonyl (C=O) groups is 3. The van der Waals surface area contributed by atoms with Gasteiger partial charge in [-0.15, -0.1) is 11.8 Å². The van der Waals surface area contributed by atoms with Crippen LogP contribution in [0.15, 0.2) is 72.8 Å². The van der Waals surface area contributed by atoms with E-state index in [0.717, 1.165) is 12.0 Å². The number of aliphatic hydroxyl groups excluding tert-OH is 1. The minimum atomic E-state index is -1.07. The summed E-state index contributed by atoms with van der Waals surface area (Å²) in [6.07, 6.45) is 9.42. The lowest BCUT2D eigenvalue weighted by Gasteiger charge is -2.40. The number of halogens is 1. The Morgan fingerprint density at radius 2 is 1.83 bits per heavy atom. The third-order valence-corrected chi connectivity index (χ3v) is 10.9. The zero-order valence-electron chi connectivity index (χ0n) is 23.0. The number of hydrogen-bond donors (Lipinski definition) is 1. The molecule has 6 atom stereocenters. The lowest BCUT2D eigenvalue weighted by Crippen LogP contribution is -2.54. The number of esters is 1. The van der Waals surface area contributed by atoms with Crippen molar-refractivity contribution < 1.29 is 24.2 Å². The summed E-state index contributed by atoms with van der Waals surface area (Å²) in [5.74, 6) is -2.71. The van der Waals surface area contributed by atoms with Crippen molar-refractivity contribution in [2.24, 2.45) is 11.8 Å². The van der Waals surface area contributed by atoms with Gasteiger partial charge in [0.2, 0.25) is 5.91 Å². The van der Waals surface area contributed by atoms with Crippen molar-refractivity contribution in [3.8, 4) is 0 Å². The van der Waals surface area contributed by atoms with Crippen LogP contribution >= 0.6 is 23.4 Å². The second-order valence-corrected chi connectivity index (χ2v) is 13.5. The molecule has 2 fully saturated rings. The Kier molecular flexibility index (Phi) is 7.29. The number of amides is 2. The number of benzene rings is 2. The lowest BCUT2D eigenvalue weighted by molar-refractivity contribution is -0.154. The van der Waals surface area contributed by atoms with Gasteiger partial charge in [0.1, 0.15) is 6.04 Å². The highest BCUT2D eigenvalue weighted by molar-refractivity contribution is 8.02. The monoisotopic (exact) mass is 592 g/mol. The smallest absolute Gasteiger partial charge is 0.311 e. The third-order valence-electron chi connectivity index (χ3n) is 8.84. The summed E-state index contributed by atoms with van der Waals surface area (Å²) < 4.78 is 3.87. The van der Waals surface area contributed by atoms with Crippen LogP contribution in [0.2, 0.25) is 5.02 Å². The fourth-order valence-electron chi connectivity index (χ4n) is 7.10. The topological polar surface area (TPSA) is 87.2 Å². The molecule has 2 amide bonds. The molecule has 0 bridgehead atoms. The predicted octanol–water partition coefficient (Wildman–Crippen LogP) is 4.87. The van der Waals surface area contributed by atoms with Crippen LogP contribution in [-0.2, 0) is 19.1 Å². The van der Waals surface area contributed by atoms with Gasteiger partial charge in [-0.1, -0.05) is 78.4 Å². The number of aryl methyl sites for hydroxylation is 1. The molecule has 0 aromatic heterocycles. The molecule has 2 aromatic rings. The number of anilines is 1. The third kappa shape index (κ3) is 4.34. The number of carbonyl (C=O) groups excluding carboxylic acids is 3. The van der Waals surface area contributed by atoms with Crippen LogP contribution in [0.3, 0.4) is 0 Å². The minimum absolute atomic E-state index is 0.258. The molecule has 4 aliphatic heterocycles. The van der Waals surface area contributed by atoms with Crippen LogP contribution in [0.5, 0.6) is 0 Å². The second kappa shape index (κ2) is 10.6. The van der Waals surface area contributed by atoms with Crippen molar-refractivity contribution in [2.45, 2.75) is 48.3 Å². The molecule has 0 radical (unpaired) electrons. The lowest BCUT2D eigenvalue weighted by atomic mass is 9.74. The van der Waals surface area contributed by atoms with E-state index < -0.39 is 39.4 Å². The number of allylic oxidation sites excluding steroid dienone is 1. The number of rotatable bonds is 4. The number of para-hydroxylation sites is 1. The highest BCUT2D eigenvalue weighted by Crippen LogP contribution is 2.66. The van der Waals surface area contributed by atoms with Gasteiger partial charge in [0.25, 0.3) is 5.91 Å². The zero-order chi connectivity index (χ0) is 28.9. The standard InChI is InChI=1S/C32H33ClN2O5S/c1-20-11-9-14-22(33)26(20)34-17-10-16-32-24(25-30(39)40-18-8-4-7-15-31(25,2)41-32)28(37)35(27(32)29(34)38)23(19-36)21-12-5-3-6-13-21/h3,5-7,9-16,23-25,27,36H,4,8,17-19H2,1-2H3/b15-7-/t23-,24+,25-,27?,31+,32+/m1/s1. The molecule has 2 saturated heterocycles. The predicted molar refractivity (Wildman–Crippen MR) is 160 cm³/mol. The van der Waals surface area contributed by atoms with Crippen molar-refractivity contribution in [3.63, 3.8) is 0 Å². The Hall–Kier alpha value is -3.07. The van der Waals surface area contributed by atoms with Gasteiger partial charge in [-0.25, -0.2) is 0 Å². The maximum atomic E-state index is 14.9. The first-order valence-corrected chi connectivity index (χ1v) is 15.2. The van der Waals surface area contributed by atoms with Crippen molar-refractivity contribution in [1.82, 2.24) is 4.90 Å². The average molecular weight is 593 g/mol. The number of aliphatic hydroxyl groups is 1. The molecule has 214 valence electrons. The number of hydrogen-bond acceptors (Lipinski definition) is 6. The molecule has 0 aliphatic carbocycles. The summed E-state index contributed by atoms with van der Waals surface area (Å²) in [5.41, 5.74) is 2.14. The first kappa shape index (κ1) is 28.1. The minimum Gasteiger partial charge on any atom is -0.465 e. The summed E-state index contributed by atoms with van der Waals surface area (Å²) in [6, 6.07) is 12.9. The van der Waals surface area contributed by atoms with E-state index in [9.17, 15) is 19.5 Å². The van der Waals surface area contributed by atoms with Gasteiger partial charge in [0, 0.05) is 11.3 Å².